The summed E-state index contributed by atoms with van der Waals surface area (Å²) in [6.07, 6.45) is 0.273. The Hall–Kier alpha value is -1.79. The van der Waals surface area contributed by atoms with Crippen LogP contribution in [0.15, 0.2) is 30.3 Å². The van der Waals surface area contributed by atoms with E-state index >= 15 is 0 Å². The lowest BCUT2D eigenvalue weighted by atomic mass is 10.2. The van der Waals surface area contributed by atoms with Crippen molar-refractivity contribution in [3.63, 3.8) is 0 Å². The second-order valence-corrected chi connectivity index (χ2v) is 3.79. The van der Waals surface area contributed by atoms with E-state index in [4.69, 9.17) is 16.9 Å². The van der Waals surface area contributed by atoms with Gasteiger partial charge in [-0.2, -0.15) is 5.26 Å². The summed E-state index contributed by atoms with van der Waals surface area (Å²) in [6, 6.07) is 11.9. The van der Waals surface area contributed by atoms with E-state index in [2.05, 4.69) is 11.1 Å². The molecule has 16 heavy (non-hydrogen) atoms. The van der Waals surface area contributed by atoms with Gasteiger partial charge in [0.25, 0.3) is 0 Å². The molecule has 0 saturated carbocycles. The van der Waals surface area contributed by atoms with Crippen LogP contribution in [0, 0.1) is 11.3 Å². The Morgan fingerprint density at radius 2 is 2.06 bits per heavy atom. The van der Waals surface area contributed by atoms with E-state index in [1.54, 1.807) is 0 Å². The third-order valence-electron chi connectivity index (χ3n) is 2.44. The molecule has 0 saturated heterocycles. The third kappa shape index (κ3) is 1.80. The first-order valence-corrected chi connectivity index (χ1v) is 5.25. The Morgan fingerprint density at radius 1 is 1.38 bits per heavy atom. The lowest BCUT2D eigenvalue weighted by molar-refractivity contribution is 0.864. The molecule has 0 atom stereocenters. The minimum Gasteiger partial charge on any atom is -0.329 e. The fourth-order valence-corrected chi connectivity index (χ4v) is 1.88. The molecule has 1 aromatic carbocycles. The Kier molecular flexibility index (Phi) is 2.93. The molecule has 1 heterocycles. The first kappa shape index (κ1) is 10.7. The van der Waals surface area contributed by atoms with Gasteiger partial charge in [-0.15, -0.1) is 0 Å². The summed E-state index contributed by atoms with van der Waals surface area (Å²) in [4.78, 5) is 4.28. The van der Waals surface area contributed by atoms with Crippen LogP contribution in [-0.4, -0.2) is 9.55 Å². The number of nitrogens with zero attached hydrogens (tertiary/aromatic N) is 3. The maximum Gasteiger partial charge on any atom is 0.152 e. The van der Waals surface area contributed by atoms with E-state index in [0.717, 1.165) is 17.1 Å². The molecule has 80 valence electrons. The number of imidazole rings is 1. The molecule has 0 spiro atoms. The van der Waals surface area contributed by atoms with Gasteiger partial charge in [-0.1, -0.05) is 41.9 Å². The summed E-state index contributed by atoms with van der Waals surface area (Å²) in [5.74, 6) is 0.788. The van der Waals surface area contributed by atoms with Crippen molar-refractivity contribution in [2.45, 2.75) is 6.42 Å². The molecule has 0 N–H and O–H groups in total. The standard InChI is InChI=1S/C12H10ClN3/c1-16-10(7-8-14)11(13)15-12(16)9-5-3-2-4-6-9/h2-6H,7H2,1H3. The van der Waals surface area contributed by atoms with E-state index in [0.29, 0.717) is 5.15 Å². The predicted molar refractivity (Wildman–Crippen MR) is 63.0 cm³/mol. The smallest absolute Gasteiger partial charge is 0.152 e. The van der Waals surface area contributed by atoms with E-state index < -0.39 is 0 Å². The van der Waals surface area contributed by atoms with Crippen molar-refractivity contribution >= 4 is 11.6 Å². The highest BCUT2D eigenvalue weighted by Gasteiger charge is 2.13. The van der Waals surface area contributed by atoms with Crippen molar-refractivity contribution < 1.29 is 0 Å². The molecule has 0 fully saturated rings. The second kappa shape index (κ2) is 4.38. The number of rotatable bonds is 2. The van der Waals surface area contributed by atoms with Gasteiger partial charge in [0.15, 0.2) is 5.15 Å². The fraction of sp³-hybridized carbons (Fsp3) is 0.167. The molecule has 0 bridgehead atoms. The number of benzene rings is 1. The maximum atomic E-state index is 8.70. The van der Waals surface area contributed by atoms with E-state index in [1.165, 1.54) is 0 Å². The van der Waals surface area contributed by atoms with Crippen LogP contribution in [0.3, 0.4) is 0 Å². The van der Waals surface area contributed by atoms with Crippen LogP contribution >= 0.6 is 11.6 Å². The Bertz CT molecular complexity index is 537. The van der Waals surface area contributed by atoms with Gasteiger partial charge in [0.1, 0.15) is 5.82 Å². The number of halogens is 1. The number of hydrogen-bond donors (Lipinski definition) is 0. The molecule has 0 amide bonds. The van der Waals surface area contributed by atoms with E-state index in [9.17, 15) is 0 Å². The molecule has 0 aliphatic rings. The summed E-state index contributed by atoms with van der Waals surface area (Å²) in [5.41, 5.74) is 1.75. The lowest BCUT2D eigenvalue weighted by Gasteiger charge is -2.03. The third-order valence-corrected chi connectivity index (χ3v) is 2.75. The number of hydrogen-bond acceptors (Lipinski definition) is 2. The predicted octanol–water partition coefficient (Wildman–Crippen LogP) is 2.81. The lowest BCUT2D eigenvalue weighted by Crippen LogP contribution is -1.97. The van der Waals surface area contributed by atoms with Gasteiger partial charge in [-0.25, -0.2) is 4.98 Å². The van der Waals surface area contributed by atoms with Crippen molar-refractivity contribution in [1.82, 2.24) is 9.55 Å². The van der Waals surface area contributed by atoms with Crippen molar-refractivity contribution in [1.29, 1.82) is 5.26 Å². The van der Waals surface area contributed by atoms with Crippen molar-refractivity contribution in [2.24, 2.45) is 7.05 Å². The maximum absolute atomic E-state index is 8.70. The van der Waals surface area contributed by atoms with Gasteiger partial charge in [0, 0.05) is 12.6 Å². The number of nitriles is 1. The first-order valence-electron chi connectivity index (χ1n) is 4.87. The van der Waals surface area contributed by atoms with Crippen molar-refractivity contribution in [3.05, 3.63) is 41.2 Å². The van der Waals surface area contributed by atoms with Crippen molar-refractivity contribution in [2.75, 3.05) is 0 Å². The highest BCUT2D eigenvalue weighted by atomic mass is 35.5. The molecule has 0 aliphatic heterocycles. The van der Waals surface area contributed by atoms with Gasteiger partial charge in [-0.05, 0) is 0 Å². The average Bonchev–Trinajstić information content (AvgIpc) is 2.59. The highest BCUT2D eigenvalue weighted by Crippen LogP contribution is 2.24. The molecule has 2 aromatic rings. The molecule has 1 aromatic heterocycles. The van der Waals surface area contributed by atoms with Gasteiger partial charge in [0.05, 0.1) is 18.2 Å². The van der Waals surface area contributed by atoms with E-state index in [-0.39, 0.29) is 6.42 Å². The zero-order valence-corrected chi connectivity index (χ0v) is 9.57. The van der Waals surface area contributed by atoms with Crippen LogP contribution in [0.1, 0.15) is 5.69 Å². The monoisotopic (exact) mass is 231 g/mol. The molecule has 2 rings (SSSR count). The zero-order chi connectivity index (χ0) is 11.5. The van der Waals surface area contributed by atoms with Crippen molar-refractivity contribution in [3.8, 4) is 17.5 Å². The summed E-state index contributed by atoms with van der Waals surface area (Å²) < 4.78 is 1.86. The van der Waals surface area contributed by atoms with Gasteiger partial charge in [-0.3, -0.25) is 0 Å². The quantitative estimate of drug-likeness (QED) is 0.798. The van der Waals surface area contributed by atoms with Crippen LogP contribution in [0.2, 0.25) is 5.15 Å². The average molecular weight is 232 g/mol. The Labute approximate surface area is 98.9 Å². The Morgan fingerprint density at radius 3 is 2.69 bits per heavy atom. The molecular formula is C12H10ClN3. The van der Waals surface area contributed by atoms with Gasteiger partial charge < -0.3 is 4.57 Å². The zero-order valence-electron chi connectivity index (χ0n) is 8.81. The molecule has 0 unspecified atom stereocenters. The Balaban J connectivity index is 2.53. The van der Waals surface area contributed by atoms with Gasteiger partial charge in [0.2, 0.25) is 0 Å². The normalized spacial score (nSPS) is 10.1. The summed E-state index contributed by atoms with van der Waals surface area (Å²) in [5, 5.41) is 9.10. The number of aromatic nitrogens is 2. The summed E-state index contributed by atoms with van der Waals surface area (Å²) >= 11 is 6.00. The second-order valence-electron chi connectivity index (χ2n) is 3.43. The fourth-order valence-electron chi connectivity index (χ4n) is 1.61. The molecule has 0 aliphatic carbocycles. The molecular weight excluding hydrogens is 222 g/mol. The summed E-state index contributed by atoms with van der Waals surface area (Å²) in [6.45, 7) is 0. The molecule has 3 nitrogen and oxygen atoms in total. The van der Waals surface area contributed by atoms with Crippen LogP contribution in [0.5, 0.6) is 0 Å². The molecule has 0 radical (unpaired) electrons. The van der Waals surface area contributed by atoms with E-state index in [1.807, 2.05) is 41.9 Å². The van der Waals surface area contributed by atoms with Crippen LogP contribution in [0.4, 0.5) is 0 Å². The van der Waals surface area contributed by atoms with Crippen LogP contribution in [0.25, 0.3) is 11.4 Å². The minimum absolute atomic E-state index is 0.273. The summed E-state index contributed by atoms with van der Waals surface area (Å²) in [7, 11) is 1.87. The van der Waals surface area contributed by atoms with Crippen LogP contribution < -0.4 is 0 Å². The molecule has 4 heteroatoms. The van der Waals surface area contributed by atoms with Gasteiger partial charge >= 0.3 is 0 Å². The largest absolute Gasteiger partial charge is 0.329 e. The highest BCUT2D eigenvalue weighted by molar-refractivity contribution is 6.30. The first-order chi connectivity index (χ1) is 7.74. The minimum atomic E-state index is 0.273. The SMILES string of the molecule is Cn1c(-c2ccccc2)nc(Cl)c1CC#N. The van der Waals surface area contributed by atoms with Crippen LogP contribution in [-0.2, 0) is 13.5 Å². The topological polar surface area (TPSA) is 41.6 Å².